The van der Waals surface area contributed by atoms with Gasteiger partial charge in [-0.15, -0.1) is 5.11 Å². The number of carbonyl (C=O) groups excluding carboxylic acids is 3. The SMILES string of the molecule is COC(=O)c1ccc(F)c(C(C(=O)OC)C(=O)OC)c1N=NN1CCCC1. The average Bonchev–Trinajstić information content (AvgIpc) is 3.20. The van der Waals surface area contributed by atoms with Crippen LogP contribution in [0.5, 0.6) is 0 Å². The van der Waals surface area contributed by atoms with Gasteiger partial charge in [0.2, 0.25) is 0 Å². The van der Waals surface area contributed by atoms with E-state index in [0.717, 1.165) is 46.3 Å². The zero-order chi connectivity index (χ0) is 20.0. The number of carbonyl (C=O) groups is 3. The molecule has 0 bridgehead atoms. The van der Waals surface area contributed by atoms with Crippen LogP contribution in [0.25, 0.3) is 0 Å². The highest BCUT2D eigenvalue weighted by atomic mass is 19.1. The van der Waals surface area contributed by atoms with Gasteiger partial charge in [0, 0.05) is 18.7 Å². The summed E-state index contributed by atoms with van der Waals surface area (Å²) in [6, 6.07) is 2.09. The highest BCUT2D eigenvalue weighted by molar-refractivity contribution is 6.04. The smallest absolute Gasteiger partial charge is 0.340 e. The van der Waals surface area contributed by atoms with Gasteiger partial charge in [-0.25, -0.2) is 9.18 Å². The van der Waals surface area contributed by atoms with Crippen LogP contribution in [0.4, 0.5) is 10.1 Å². The van der Waals surface area contributed by atoms with E-state index in [2.05, 4.69) is 24.5 Å². The molecule has 0 spiro atoms. The number of ether oxygens (including phenoxy) is 3. The van der Waals surface area contributed by atoms with Crippen molar-refractivity contribution in [3.8, 4) is 0 Å². The fourth-order valence-corrected chi connectivity index (χ4v) is 2.71. The molecule has 1 fully saturated rings. The lowest BCUT2D eigenvalue weighted by Crippen LogP contribution is -2.26. The topological polar surface area (TPSA) is 107 Å². The van der Waals surface area contributed by atoms with Gasteiger partial charge in [0.15, 0.2) is 5.92 Å². The van der Waals surface area contributed by atoms with E-state index in [1.54, 1.807) is 5.01 Å². The van der Waals surface area contributed by atoms with Crippen molar-refractivity contribution in [1.29, 1.82) is 0 Å². The van der Waals surface area contributed by atoms with Crippen molar-refractivity contribution in [3.05, 3.63) is 29.1 Å². The van der Waals surface area contributed by atoms with Gasteiger partial charge in [-0.2, -0.15) is 0 Å². The molecule has 0 atom stereocenters. The predicted molar refractivity (Wildman–Crippen MR) is 89.8 cm³/mol. The van der Waals surface area contributed by atoms with Gasteiger partial charge in [0.1, 0.15) is 11.5 Å². The maximum Gasteiger partial charge on any atom is 0.340 e. The molecule has 0 N–H and O–H groups in total. The second-order valence-corrected chi connectivity index (χ2v) is 5.68. The molecule has 27 heavy (non-hydrogen) atoms. The van der Waals surface area contributed by atoms with Gasteiger partial charge in [-0.05, 0) is 25.0 Å². The molecule has 1 saturated heterocycles. The quantitative estimate of drug-likeness (QED) is 0.321. The number of rotatable bonds is 6. The van der Waals surface area contributed by atoms with Crippen LogP contribution in [-0.2, 0) is 23.8 Å². The van der Waals surface area contributed by atoms with E-state index in [4.69, 9.17) is 0 Å². The maximum absolute atomic E-state index is 14.7. The summed E-state index contributed by atoms with van der Waals surface area (Å²) >= 11 is 0. The van der Waals surface area contributed by atoms with Crippen LogP contribution >= 0.6 is 0 Å². The molecule has 0 aromatic heterocycles. The number of nitrogens with zero attached hydrogens (tertiary/aromatic N) is 3. The largest absolute Gasteiger partial charge is 0.468 e. The van der Waals surface area contributed by atoms with Crippen LogP contribution in [0.15, 0.2) is 22.5 Å². The summed E-state index contributed by atoms with van der Waals surface area (Å²) in [4.78, 5) is 36.4. The van der Waals surface area contributed by atoms with Gasteiger partial charge in [0.25, 0.3) is 0 Å². The molecule has 146 valence electrons. The molecule has 1 aliphatic rings. The number of esters is 3. The molecule has 1 aromatic carbocycles. The van der Waals surface area contributed by atoms with Crippen LogP contribution in [0.3, 0.4) is 0 Å². The molecule has 1 aromatic rings. The lowest BCUT2D eigenvalue weighted by Gasteiger charge is -2.17. The molecule has 10 heteroatoms. The van der Waals surface area contributed by atoms with Crippen LogP contribution < -0.4 is 0 Å². The number of halogens is 1. The first-order valence-electron chi connectivity index (χ1n) is 8.17. The zero-order valence-corrected chi connectivity index (χ0v) is 15.2. The summed E-state index contributed by atoms with van der Waals surface area (Å²) < 4.78 is 28.5. The number of hydrogen-bond acceptors (Lipinski definition) is 8. The molecule has 0 radical (unpaired) electrons. The Morgan fingerprint density at radius 1 is 1.04 bits per heavy atom. The van der Waals surface area contributed by atoms with Gasteiger partial charge in [-0.1, -0.05) is 5.22 Å². The minimum Gasteiger partial charge on any atom is -0.468 e. The zero-order valence-electron chi connectivity index (χ0n) is 15.2. The summed E-state index contributed by atoms with van der Waals surface area (Å²) in [5, 5.41) is 9.61. The number of hydrogen-bond donors (Lipinski definition) is 0. The molecular weight excluding hydrogens is 361 g/mol. The van der Waals surface area contributed by atoms with Crippen molar-refractivity contribution in [2.24, 2.45) is 10.3 Å². The predicted octanol–water partition coefficient (Wildman–Crippen LogP) is 2.14. The van der Waals surface area contributed by atoms with Gasteiger partial charge >= 0.3 is 17.9 Å². The van der Waals surface area contributed by atoms with E-state index in [1.807, 2.05) is 0 Å². The van der Waals surface area contributed by atoms with Crippen LogP contribution in [0.2, 0.25) is 0 Å². The summed E-state index contributed by atoms with van der Waals surface area (Å²) in [5.41, 5.74) is -0.885. The summed E-state index contributed by atoms with van der Waals surface area (Å²) in [6.45, 7) is 1.30. The highest BCUT2D eigenvalue weighted by Crippen LogP contribution is 2.36. The van der Waals surface area contributed by atoms with Gasteiger partial charge < -0.3 is 14.2 Å². The van der Waals surface area contributed by atoms with Crippen LogP contribution in [0.1, 0.15) is 34.7 Å². The van der Waals surface area contributed by atoms with Crippen molar-refractivity contribution in [2.75, 3.05) is 34.4 Å². The monoisotopic (exact) mass is 381 g/mol. The van der Waals surface area contributed by atoms with Crippen molar-refractivity contribution in [3.63, 3.8) is 0 Å². The first kappa shape index (κ1) is 20.3. The van der Waals surface area contributed by atoms with Crippen molar-refractivity contribution >= 4 is 23.6 Å². The second-order valence-electron chi connectivity index (χ2n) is 5.68. The Morgan fingerprint density at radius 2 is 1.63 bits per heavy atom. The molecule has 0 aliphatic carbocycles. The lowest BCUT2D eigenvalue weighted by atomic mass is 9.94. The minimum atomic E-state index is -1.77. The third-order valence-corrected chi connectivity index (χ3v) is 4.09. The van der Waals surface area contributed by atoms with E-state index in [1.165, 1.54) is 0 Å². The fraction of sp³-hybridized carbons (Fsp3) is 0.471. The summed E-state index contributed by atoms with van der Waals surface area (Å²) in [5.74, 6) is -5.63. The third kappa shape index (κ3) is 4.39. The molecule has 0 saturated carbocycles. The molecule has 9 nitrogen and oxygen atoms in total. The normalized spacial score (nSPS) is 13.9. The Labute approximate surface area is 155 Å². The Bertz CT molecular complexity index is 745. The van der Waals surface area contributed by atoms with Crippen LogP contribution in [-0.4, -0.2) is 57.3 Å². The first-order valence-corrected chi connectivity index (χ1v) is 8.17. The van der Waals surface area contributed by atoms with E-state index >= 15 is 0 Å². The van der Waals surface area contributed by atoms with E-state index in [-0.39, 0.29) is 11.3 Å². The molecular formula is C17H20FN3O6. The lowest BCUT2D eigenvalue weighted by molar-refractivity contribution is -0.154. The van der Waals surface area contributed by atoms with Crippen molar-refractivity contribution in [1.82, 2.24) is 5.01 Å². The summed E-state index contributed by atoms with van der Waals surface area (Å²) in [6.07, 6.45) is 1.84. The van der Waals surface area contributed by atoms with E-state index in [9.17, 15) is 18.8 Å². The Morgan fingerprint density at radius 3 is 2.15 bits per heavy atom. The Hall–Kier alpha value is -3.04. The van der Waals surface area contributed by atoms with Gasteiger partial charge in [0.05, 0.1) is 26.9 Å². The third-order valence-electron chi connectivity index (χ3n) is 4.09. The van der Waals surface area contributed by atoms with E-state index < -0.39 is 35.2 Å². The molecule has 0 amide bonds. The Kier molecular flexibility index (Phi) is 6.80. The standard InChI is InChI=1S/C17H20FN3O6/c1-25-15(22)10-6-7-11(18)12(13(16(23)26-2)17(24)27-3)14(10)19-20-21-8-4-5-9-21/h6-7,13H,4-5,8-9H2,1-3H3. The number of benzene rings is 1. The number of methoxy groups -OCH3 is 3. The van der Waals surface area contributed by atoms with Crippen LogP contribution in [0, 0.1) is 5.82 Å². The molecule has 1 aliphatic heterocycles. The van der Waals surface area contributed by atoms with Gasteiger partial charge in [-0.3, -0.25) is 14.6 Å². The summed E-state index contributed by atoms with van der Waals surface area (Å²) in [7, 11) is 3.24. The van der Waals surface area contributed by atoms with Crippen molar-refractivity contribution in [2.45, 2.75) is 18.8 Å². The molecule has 1 heterocycles. The molecule has 0 unspecified atom stereocenters. The van der Waals surface area contributed by atoms with Crippen molar-refractivity contribution < 1.29 is 33.0 Å². The fourth-order valence-electron chi connectivity index (χ4n) is 2.71. The highest BCUT2D eigenvalue weighted by Gasteiger charge is 2.37. The minimum absolute atomic E-state index is 0.144. The Balaban J connectivity index is 2.66. The maximum atomic E-state index is 14.7. The average molecular weight is 381 g/mol. The van der Waals surface area contributed by atoms with E-state index in [0.29, 0.717) is 13.1 Å². The first-order chi connectivity index (χ1) is 12.9. The molecule has 2 rings (SSSR count). The second kappa shape index (κ2) is 9.06.